The van der Waals surface area contributed by atoms with Gasteiger partial charge in [-0.25, -0.2) is 4.68 Å². The highest BCUT2D eigenvalue weighted by Gasteiger charge is 2.20. The molecule has 0 saturated heterocycles. The molecule has 1 aromatic heterocycles. The summed E-state index contributed by atoms with van der Waals surface area (Å²) < 4.78 is 6.94. The summed E-state index contributed by atoms with van der Waals surface area (Å²) in [5, 5.41) is 14.2. The molecule has 0 radical (unpaired) electrons. The van der Waals surface area contributed by atoms with Crippen LogP contribution in [-0.4, -0.2) is 21.5 Å². The van der Waals surface area contributed by atoms with Crippen LogP contribution < -0.4 is 5.73 Å². The van der Waals surface area contributed by atoms with Crippen LogP contribution in [0.4, 0.5) is 5.82 Å². The van der Waals surface area contributed by atoms with E-state index in [9.17, 15) is 5.11 Å². The van der Waals surface area contributed by atoms with Gasteiger partial charge >= 0.3 is 0 Å². The molecule has 0 unspecified atom stereocenters. The van der Waals surface area contributed by atoms with Gasteiger partial charge in [0.1, 0.15) is 17.3 Å². The number of nitrogen functional groups attached to an aromatic ring is 1. The fourth-order valence-electron chi connectivity index (χ4n) is 2.04. The highest BCUT2D eigenvalue weighted by Crippen LogP contribution is 2.28. The molecule has 1 aliphatic rings. The van der Waals surface area contributed by atoms with Crippen molar-refractivity contribution in [2.45, 2.75) is 13.0 Å². The molecule has 0 bridgehead atoms. The number of hydrogen-bond acceptors (Lipinski definition) is 4. The van der Waals surface area contributed by atoms with Crippen molar-refractivity contribution >= 4 is 5.82 Å². The van der Waals surface area contributed by atoms with E-state index in [1.807, 2.05) is 6.07 Å². The van der Waals surface area contributed by atoms with Crippen LogP contribution in [-0.2, 0) is 17.8 Å². The Morgan fingerprint density at radius 1 is 1.35 bits per heavy atom. The number of aromatic hydroxyl groups is 1. The van der Waals surface area contributed by atoms with Gasteiger partial charge in [-0.3, -0.25) is 0 Å². The molecule has 5 nitrogen and oxygen atoms in total. The van der Waals surface area contributed by atoms with E-state index in [4.69, 9.17) is 10.5 Å². The Morgan fingerprint density at radius 2 is 2.18 bits per heavy atom. The Labute approximate surface area is 98.4 Å². The standard InChI is InChI=1S/C12H13N3O2/c13-12-8-7-17-6-5-9(8)14-15(12)10-3-1-2-4-11(10)16/h1-4,16H,5-7,13H2. The van der Waals surface area contributed by atoms with Crippen molar-refractivity contribution in [2.75, 3.05) is 12.3 Å². The van der Waals surface area contributed by atoms with Gasteiger partial charge in [0.15, 0.2) is 0 Å². The minimum absolute atomic E-state index is 0.167. The van der Waals surface area contributed by atoms with E-state index >= 15 is 0 Å². The van der Waals surface area contributed by atoms with Crippen molar-refractivity contribution in [1.29, 1.82) is 0 Å². The van der Waals surface area contributed by atoms with E-state index in [0.717, 1.165) is 17.7 Å². The number of fused-ring (bicyclic) bond motifs is 1. The summed E-state index contributed by atoms with van der Waals surface area (Å²) in [6.07, 6.45) is 0.764. The lowest BCUT2D eigenvalue weighted by Crippen LogP contribution is -2.09. The van der Waals surface area contributed by atoms with Gasteiger partial charge in [0.2, 0.25) is 0 Å². The maximum absolute atomic E-state index is 9.80. The molecule has 0 amide bonds. The molecule has 0 fully saturated rings. The third kappa shape index (κ3) is 1.55. The van der Waals surface area contributed by atoms with Crippen LogP contribution in [0.15, 0.2) is 24.3 Å². The molecule has 1 aliphatic heterocycles. The lowest BCUT2D eigenvalue weighted by molar-refractivity contribution is 0.110. The maximum Gasteiger partial charge on any atom is 0.141 e. The number of benzene rings is 1. The molecule has 3 N–H and O–H groups in total. The SMILES string of the molecule is Nc1c2c(nn1-c1ccccc1O)CCOC2. The zero-order valence-corrected chi connectivity index (χ0v) is 9.26. The van der Waals surface area contributed by atoms with Crippen molar-refractivity contribution in [3.63, 3.8) is 0 Å². The number of rotatable bonds is 1. The molecule has 0 atom stereocenters. The molecule has 0 aliphatic carbocycles. The van der Waals surface area contributed by atoms with E-state index < -0.39 is 0 Å². The lowest BCUT2D eigenvalue weighted by atomic mass is 10.1. The second kappa shape index (κ2) is 3.78. The third-order valence-electron chi connectivity index (χ3n) is 2.95. The zero-order chi connectivity index (χ0) is 11.8. The van der Waals surface area contributed by atoms with Crippen molar-refractivity contribution in [1.82, 2.24) is 9.78 Å². The Bertz CT molecular complexity index is 563. The first-order chi connectivity index (χ1) is 8.27. The second-order valence-corrected chi connectivity index (χ2v) is 4.01. The summed E-state index contributed by atoms with van der Waals surface area (Å²) in [5.41, 5.74) is 8.52. The third-order valence-corrected chi connectivity index (χ3v) is 2.95. The number of anilines is 1. The smallest absolute Gasteiger partial charge is 0.141 e. The number of phenols is 1. The van der Waals surface area contributed by atoms with Gasteiger partial charge in [0, 0.05) is 12.0 Å². The van der Waals surface area contributed by atoms with Crippen LogP contribution in [0.2, 0.25) is 0 Å². The van der Waals surface area contributed by atoms with E-state index in [2.05, 4.69) is 5.10 Å². The first-order valence-electron chi connectivity index (χ1n) is 5.49. The molecule has 17 heavy (non-hydrogen) atoms. The molecule has 5 heteroatoms. The van der Waals surface area contributed by atoms with E-state index in [-0.39, 0.29) is 5.75 Å². The van der Waals surface area contributed by atoms with Crippen LogP contribution in [0.1, 0.15) is 11.3 Å². The quantitative estimate of drug-likeness (QED) is 0.774. The maximum atomic E-state index is 9.80. The van der Waals surface area contributed by atoms with Crippen LogP contribution >= 0.6 is 0 Å². The predicted molar refractivity (Wildman–Crippen MR) is 63.0 cm³/mol. The number of nitrogens with two attached hydrogens (primary N) is 1. The summed E-state index contributed by atoms with van der Waals surface area (Å²) in [4.78, 5) is 0. The highest BCUT2D eigenvalue weighted by atomic mass is 16.5. The monoisotopic (exact) mass is 231 g/mol. The number of hydrogen-bond donors (Lipinski definition) is 2. The molecular formula is C12H13N3O2. The molecule has 1 aromatic carbocycles. The zero-order valence-electron chi connectivity index (χ0n) is 9.26. The number of phenolic OH excluding ortho intramolecular Hbond substituents is 1. The normalized spacial score (nSPS) is 14.6. The number of para-hydroxylation sites is 2. The average Bonchev–Trinajstić information content (AvgIpc) is 2.68. The van der Waals surface area contributed by atoms with E-state index in [1.165, 1.54) is 0 Å². The molecule has 0 spiro atoms. The molecular weight excluding hydrogens is 218 g/mol. The van der Waals surface area contributed by atoms with Crippen LogP contribution in [0.5, 0.6) is 5.75 Å². The van der Waals surface area contributed by atoms with Crippen molar-refractivity contribution < 1.29 is 9.84 Å². The van der Waals surface area contributed by atoms with Gasteiger partial charge in [0.05, 0.1) is 18.9 Å². The molecule has 2 aromatic rings. The Balaban J connectivity index is 2.16. The molecule has 2 heterocycles. The van der Waals surface area contributed by atoms with Gasteiger partial charge in [-0.1, -0.05) is 12.1 Å². The Kier molecular flexibility index (Phi) is 2.26. The topological polar surface area (TPSA) is 73.3 Å². The molecule has 3 rings (SSSR count). The minimum Gasteiger partial charge on any atom is -0.506 e. The summed E-state index contributed by atoms with van der Waals surface area (Å²) in [5.74, 6) is 0.709. The van der Waals surface area contributed by atoms with Gasteiger partial charge < -0.3 is 15.6 Å². The fraction of sp³-hybridized carbons (Fsp3) is 0.250. The molecule has 0 saturated carbocycles. The van der Waals surface area contributed by atoms with Crippen LogP contribution in [0.3, 0.4) is 0 Å². The summed E-state index contributed by atoms with van der Waals surface area (Å²) in [6, 6.07) is 7.00. The fourth-order valence-corrected chi connectivity index (χ4v) is 2.04. The lowest BCUT2D eigenvalue weighted by Gasteiger charge is -2.10. The first-order valence-corrected chi connectivity index (χ1v) is 5.49. The van der Waals surface area contributed by atoms with Gasteiger partial charge in [0.25, 0.3) is 0 Å². The van der Waals surface area contributed by atoms with Gasteiger partial charge in [-0.15, -0.1) is 0 Å². The largest absolute Gasteiger partial charge is 0.506 e. The van der Waals surface area contributed by atoms with Gasteiger partial charge in [-0.05, 0) is 12.1 Å². The van der Waals surface area contributed by atoms with Crippen LogP contribution in [0.25, 0.3) is 5.69 Å². The number of nitrogens with zero attached hydrogens (tertiary/aromatic N) is 2. The van der Waals surface area contributed by atoms with E-state index in [0.29, 0.717) is 24.7 Å². The van der Waals surface area contributed by atoms with Crippen molar-refractivity contribution in [3.8, 4) is 11.4 Å². The predicted octanol–water partition coefficient (Wildman–Crippen LogP) is 1.23. The highest BCUT2D eigenvalue weighted by molar-refractivity contribution is 5.54. The van der Waals surface area contributed by atoms with E-state index in [1.54, 1.807) is 22.9 Å². The Hall–Kier alpha value is -2.01. The number of ether oxygens (including phenoxy) is 1. The van der Waals surface area contributed by atoms with Crippen LogP contribution in [0, 0.1) is 0 Å². The second-order valence-electron chi connectivity index (χ2n) is 4.01. The average molecular weight is 231 g/mol. The minimum atomic E-state index is 0.167. The summed E-state index contributed by atoms with van der Waals surface area (Å²) in [7, 11) is 0. The van der Waals surface area contributed by atoms with Crippen molar-refractivity contribution in [3.05, 3.63) is 35.5 Å². The van der Waals surface area contributed by atoms with Gasteiger partial charge in [-0.2, -0.15) is 5.10 Å². The summed E-state index contributed by atoms with van der Waals surface area (Å²) >= 11 is 0. The molecule has 88 valence electrons. The van der Waals surface area contributed by atoms with Crippen molar-refractivity contribution in [2.24, 2.45) is 0 Å². The Morgan fingerprint density at radius 3 is 2.94 bits per heavy atom. The first kappa shape index (κ1) is 10.2. The number of aromatic nitrogens is 2. The summed E-state index contributed by atoms with van der Waals surface area (Å²) in [6.45, 7) is 1.17.